The van der Waals surface area contributed by atoms with Gasteiger partial charge in [0.15, 0.2) is 0 Å². The van der Waals surface area contributed by atoms with Gasteiger partial charge in [0.25, 0.3) is 0 Å². The fourth-order valence-electron chi connectivity index (χ4n) is 4.83. The lowest BCUT2D eigenvalue weighted by Crippen LogP contribution is -2.23. The van der Waals surface area contributed by atoms with Crippen molar-refractivity contribution in [2.45, 2.75) is 12.5 Å². The van der Waals surface area contributed by atoms with E-state index in [1.165, 1.54) is 0 Å². The van der Waals surface area contributed by atoms with E-state index in [0.29, 0.717) is 17.7 Å². The second-order valence-corrected chi connectivity index (χ2v) is 8.97. The third-order valence-corrected chi connectivity index (χ3v) is 6.50. The van der Waals surface area contributed by atoms with E-state index in [1.54, 1.807) is 12.1 Å². The largest absolute Gasteiger partial charge is 0.478 e. The van der Waals surface area contributed by atoms with Crippen LogP contribution in [0.2, 0.25) is 0 Å². The number of nitrogens with zero attached hydrogens (tertiary/aromatic N) is 1. The monoisotopic (exact) mass is 484 g/mol. The second kappa shape index (κ2) is 9.63. The van der Waals surface area contributed by atoms with Crippen molar-refractivity contribution in [2.24, 2.45) is 4.99 Å². The Balaban J connectivity index is 1.53. The summed E-state index contributed by atoms with van der Waals surface area (Å²) in [5.41, 5.74) is 5.41. The highest BCUT2D eigenvalue weighted by atomic mass is 16.4. The summed E-state index contributed by atoms with van der Waals surface area (Å²) in [7, 11) is 0. The molecule has 0 spiro atoms. The van der Waals surface area contributed by atoms with Crippen LogP contribution in [0.25, 0.3) is 28.5 Å². The number of para-hydroxylation sites is 2. The summed E-state index contributed by atoms with van der Waals surface area (Å²) in [6.45, 7) is 0. The van der Waals surface area contributed by atoms with E-state index < -0.39 is 5.97 Å². The molecule has 2 N–H and O–H groups in total. The fraction of sp³-hybridized carbons (Fsp3) is 0.0625. The Morgan fingerprint density at radius 3 is 2.38 bits per heavy atom. The maximum Gasteiger partial charge on any atom is 0.336 e. The summed E-state index contributed by atoms with van der Waals surface area (Å²) in [5, 5.41) is 14.3. The summed E-state index contributed by atoms with van der Waals surface area (Å²) >= 11 is 0. The summed E-state index contributed by atoms with van der Waals surface area (Å²) in [4.78, 5) is 16.9. The Morgan fingerprint density at radius 1 is 0.865 bits per heavy atom. The SMILES string of the molecule is O=C(O)c1ccccc1-c1c2ccc(=Nc3ccccc3)cc-2oc2c1C=CC(Nc1ccccc1)C2. The van der Waals surface area contributed by atoms with Gasteiger partial charge in [0.1, 0.15) is 11.5 Å². The Hall–Kier alpha value is -4.90. The summed E-state index contributed by atoms with van der Waals surface area (Å²) in [5.74, 6) is 0.507. The zero-order valence-corrected chi connectivity index (χ0v) is 20.0. The minimum atomic E-state index is -0.961. The molecule has 1 heterocycles. The van der Waals surface area contributed by atoms with Crippen LogP contribution < -0.4 is 10.7 Å². The highest BCUT2D eigenvalue weighted by molar-refractivity contribution is 6.01. The molecule has 6 rings (SSSR count). The van der Waals surface area contributed by atoms with Gasteiger partial charge in [-0.25, -0.2) is 9.79 Å². The molecule has 0 amide bonds. The lowest BCUT2D eigenvalue weighted by Gasteiger charge is -2.25. The van der Waals surface area contributed by atoms with E-state index in [1.807, 2.05) is 97.1 Å². The maximum absolute atomic E-state index is 12.1. The van der Waals surface area contributed by atoms with Crippen molar-refractivity contribution >= 4 is 23.4 Å². The van der Waals surface area contributed by atoms with Gasteiger partial charge in [0.2, 0.25) is 0 Å². The molecule has 37 heavy (non-hydrogen) atoms. The molecule has 5 nitrogen and oxygen atoms in total. The third-order valence-electron chi connectivity index (χ3n) is 6.50. The van der Waals surface area contributed by atoms with Crippen molar-refractivity contribution in [3.63, 3.8) is 0 Å². The molecule has 1 unspecified atom stereocenters. The van der Waals surface area contributed by atoms with Gasteiger partial charge in [-0.05, 0) is 48.0 Å². The number of rotatable bonds is 5. The first kappa shape index (κ1) is 22.6. The minimum absolute atomic E-state index is 0.0378. The molecular weight excluding hydrogens is 460 g/mol. The second-order valence-electron chi connectivity index (χ2n) is 8.97. The van der Waals surface area contributed by atoms with Crippen molar-refractivity contribution < 1.29 is 14.3 Å². The molecule has 0 saturated carbocycles. The summed E-state index contributed by atoms with van der Waals surface area (Å²) in [6.07, 6.45) is 4.78. The first-order valence-electron chi connectivity index (χ1n) is 12.2. The number of benzene rings is 4. The van der Waals surface area contributed by atoms with Gasteiger partial charge in [-0.3, -0.25) is 0 Å². The van der Waals surface area contributed by atoms with Crippen molar-refractivity contribution in [1.82, 2.24) is 0 Å². The molecule has 1 atom stereocenters. The van der Waals surface area contributed by atoms with Crippen molar-refractivity contribution in [3.8, 4) is 22.5 Å². The highest BCUT2D eigenvalue weighted by Gasteiger charge is 2.26. The number of carboxylic acid groups (broad SMARTS) is 1. The Labute approximate surface area is 214 Å². The van der Waals surface area contributed by atoms with Gasteiger partial charge in [-0.15, -0.1) is 0 Å². The number of hydrogen-bond donors (Lipinski definition) is 2. The van der Waals surface area contributed by atoms with Gasteiger partial charge in [-0.2, -0.15) is 0 Å². The van der Waals surface area contributed by atoms with Crippen LogP contribution in [0.1, 0.15) is 21.7 Å². The molecule has 0 fully saturated rings. The van der Waals surface area contributed by atoms with E-state index >= 15 is 0 Å². The van der Waals surface area contributed by atoms with Gasteiger partial charge in [0, 0.05) is 34.9 Å². The maximum atomic E-state index is 12.1. The number of carboxylic acids is 1. The van der Waals surface area contributed by atoms with Crippen molar-refractivity contribution in [3.05, 3.63) is 131 Å². The lowest BCUT2D eigenvalue weighted by atomic mass is 9.86. The first-order valence-corrected chi connectivity index (χ1v) is 12.2. The summed E-state index contributed by atoms with van der Waals surface area (Å²) in [6, 6.07) is 32.8. The molecule has 0 aromatic heterocycles. The van der Waals surface area contributed by atoms with Crippen molar-refractivity contribution in [1.29, 1.82) is 0 Å². The average Bonchev–Trinajstić information content (AvgIpc) is 2.93. The van der Waals surface area contributed by atoms with Gasteiger partial charge >= 0.3 is 5.97 Å². The molecule has 3 aliphatic rings. The van der Waals surface area contributed by atoms with Crippen LogP contribution in [-0.2, 0) is 6.42 Å². The fourth-order valence-corrected chi connectivity index (χ4v) is 4.83. The van der Waals surface area contributed by atoms with Crippen LogP contribution in [0.15, 0.2) is 119 Å². The highest BCUT2D eigenvalue weighted by Crippen LogP contribution is 2.42. The predicted octanol–water partition coefficient (Wildman–Crippen LogP) is 7.03. The van der Waals surface area contributed by atoms with Crippen LogP contribution in [0.3, 0.4) is 0 Å². The van der Waals surface area contributed by atoms with E-state index in [-0.39, 0.29) is 11.6 Å². The summed E-state index contributed by atoms with van der Waals surface area (Å²) < 4.78 is 6.49. The zero-order chi connectivity index (χ0) is 25.2. The molecule has 3 aromatic carbocycles. The predicted molar refractivity (Wildman–Crippen MR) is 146 cm³/mol. The van der Waals surface area contributed by atoms with Crippen LogP contribution in [0.4, 0.5) is 11.4 Å². The Bertz CT molecular complexity index is 1650. The van der Waals surface area contributed by atoms with E-state index in [4.69, 9.17) is 9.41 Å². The smallest absolute Gasteiger partial charge is 0.336 e. The number of carbonyl (C=O) groups is 1. The number of hydrogen-bond acceptors (Lipinski definition) is 4. The van der Waals surface area contributed by atoms with Crippen LogP contribution in [0.5, 0.6) is 0 Å². The van der Waals surface area contributed by atoms with Crippen LogP contribution >= 0.6 is 0 Å². The average molecular weight is 485 g/mol. The lowest BCUT2D eigenvalue weighted by molar-refractivity contribution is 0.0697. The van der Waals surface area contributed by atoms with Gasteiger partial charge in [-0.1, -0.05) is 66.7 Å². The molecule has 180 valence electrons. The molecule has 3 aromatic rings. The quantitative estimate of drug-likeness (QED) is 0.281. The Morgan fingerprint density at radius 2 is 1.59 bits per heavy atom. The normalized spacial score (nSPS) is 14.9. The number of anilines is 1. The molecule has 5 heteroatoms. The van der Waals surface area contributed by atoms with Gasteiger partial charge in [0.05, 0.1) is 22.6 Å². The molecular formula is C32H24N2O3. The first-order chi connectivity index (χ1) is 18.2. The van der Waals surface area contributed by atoms with Crippen LogP contribution in [-0.4, -0.2) is 17.1 Å². The number of nitrogens with one attached hydrogen (secondary N) is 1. The molecule has 2 aliphatic carbocycles. The van der Waals surface area contributed by atoms with E-state index in [9.17, 15) is 9.90 Å². The zero-order valence-electron chi connectivity index (χ0n) is 20.0. The Kier molecular flexibility index (Phi) is 5.87. The molecule has 1 aliphatic heterocycles. The van der Waals surface area contributed by atoms with Gasteiger partial charge < -0.3 is 14.8 Å². The minimum Gasteiger partial charge on any atom is -0.478 e. The standard InChI is InChI=1S/C32H24N2O3/c35-32(36)26-14-8-7-13-25(26)31-27-17-15-23(33-21-9-3-1-4-10-21)19-29(27)37-30-20-24(16-18-28(30)31)34-22-11-5-2-6-12-22/h1-19,24,34H,20H2,(H,35,36). The third kappa shape index (κ3) is 4.55. The van der Waals surface area contributed by atoms with Crippen molar-refractivity contribution in [2.75, 3.05) is 5.32 Å². The molecule has 0 saturated heterocycles. The number of fused-ring (bicyclic) bond motifs is 2. The number of aromatic carboxylic acids is 1. The molecule has 0 bridgehead atoms. The van der Waals surface area contributed by atoms with Crippen LogP contribution in [0, 0.1) is 0 Å². The topological polar surface area (TPSA) is 74.8 Å². The van der Waals surface area contributed by atoms with E-state index in [0.717, 1.165) is 39.2 Å². The molecule has 0 radical (unpaired) electrons. The van der Waals surface area contributed by atoms with E-state index in [2.05, 4.69) is 11.4 Å².